The van der Waals surface area contributed by atoms with Gasteiger partial charge in [-0.3, -0.25) is 0 Å². The van der Waals surface area contributed by atoms with Crippen LogP contribution in [0.1, 0.15) is 5.56 Å². The summed E-state index contributed by atoms with van der Waals surface area (Å²) in [6, 6.07) is 8.37. The number of benzene rings is 1. The minimum atomic E-state index is -0.230. The van der Waals surface area contributed by atoms with Gasteiger partial charge in [0.15, 0.2) is 0 Å². The van der Waals surface area contributed by atoms with Crippen LogP contribution in [0.15, 0.2) is 41.0 Å². The highest BCUT2D eigenvalue weighted by Crippen LogP contribution is 2.22. The van der Waals surface area contributed by atoms with Crippen LogP contribution in [-0.4, -0.2) is 4.98 Å². The number of halogens is 2. The molecule has 17 heavy (non-hydrogen) atoms. The van der Waals surface area contributed by atoms with Crippen LogP contribution in [0.4, 0.5) is 15.9 Å². The summed E-state index contributed by atoms with van der Waals surface area (Å²) in [4.78, 5) is 4.12. The Kier molecular flexibility index (Phi) is 3.58. The number of nitrogens with one attached hydrogen (secondary N) is 1. The maximum atomic E-state index is 13.4. The molecule has 0 fully saturated rings. The average Bonchev–Trinajstić information content (AvgIpc) is 2.30. The van der Waals surface area contributed by atoms with E-state index in [0.29, 0.717) is 23.6 Å². The summed E-state index contributed by atoms with van der Waals surface area (Å²) in [6.45, 7) is 0.377. The van der Waals surface area contributed by atoms with Crippen molar-refractivity contribution < 1.29 is 4.39 Å². The van der Waals surface area contributed by atoms with E-state index in [9.17, 15) is 4.39 Å². The Hall–Kier alpha value is -1.62. The Morgan fingerprint density at radius 2 is 2.12 bits per heavy atom. The van der Waals surface area contributed by atoms with Gasteiger partial charge in [-0.25, -0.2) is 9.37 Å². The Morgan fingerprint density at radius 3 is 2.82 bits per heavy atom. The van der Waals surface area contributed by atoms with Crippen molar-refractivity contribution in [2.24, 2.45) is 0 Å². The predicted octanol–water partition coefficient (Wildman–Crippen LogP) is 3.18. The van der Waals surface area contributed by atoms with E-state index < -0.39 is 0 Å². The molecule has 0 aliphatic heterocycles. The molecule has 3 N–H and O–H groups in total. The second-order valence-corrected chi connectivity index (χ2v) is 4.40. The van der Waals surface area contributed by atoms with E-state index >= 15 is 0 Å². The maximum Gasteiger partial charge on any atom is 0.140 e. The summed E-state index contributed by atoms with van der Waals surface area (Å²) in [6.07, 6.45) is 1.55. The van der Waals surface area contributed by atoms with Crippen molar-refractivity contribution in [2.45, 2.75) is 6.54 Å². The molecule has 2 aromatic rings. The van der Waals surface area contributed by atoms with Crippen LogP contribution in [0.3, 0.4) is 0 Å². The summed E-state index contributed by atoms with van der Waals surface area (Å²) in [5.74, 6) is 0.411. The molecule has 0 saturated heterocycles. The monoisotopic (exact) mass is 295 g/mol. The molecule has 0 spiro atoms. The van der Waals surface area contributed by atoms with Gasteiger partial charge in [0.2, 0.25) is 0 Å². The molecule has 2 rings (SSSR count). The van der Waals surface area contributed by atoms with E-state index in [1.54, 1.807) is 30.5 Å². The molecule has 0 amide bonds. The topological polar surface area (TPSA) is 50.9 Å². The zero-order valence-electron chi connectivity index (χ0n) is 8.95. The lowest BCUT2D eigenvalue weighted by atomic mass is 10.2. The van der Waals surface area contributed by atoms with E-state index in [2.05, 4.69) is 26.2 Å². The molecule has 0 unspecified atom stereocenters. The number of rotatable bonds is 3. The van der Waals surface area contributed by atoms with Gasteiger partial charge in [0, 0.05) is 12.1 Å². The summed E-state index contributed by atoms with van der Waals surface area (Å²) < 4.78 is 14.1. The fourth-order valence-electron chi connectivity index (χ4n) is 1.40. The first-order valence-corrected chi connectivity index (χ1v) is 5.84. The number of hydrogen-bond donors (Lipinski definition) is 2. The van der Waals surface area contributed by atoms with Crippen molar-refractivity contribution in [1.82, 2.24) is 4.98 Å². The minimum absolute atomic E-state index is 0.230. The zero-order chi connectivity index (χ0) is 12.3. The third-order valence-electron chi connectivity index (χ3n) is 2.27. The summed E-state index contributed by atoms with van der Waals surface area (Å²) in [5.41, 5.74) is 6.75. The summed E-state index contributed by atoms with van der Waals surface area (Å²) >= 11 is 3.34. The lowest BCUT2D eigenvalue weighted by Crippen LogP contribution is -2.04. The molecular formula is C12H11BrFN3. The third kappa shape index (κ3) is 2.94. The molecule has 0 aliphatic carbocycles. The van der Waals surface area contributed by atoms with Gasteiger partial charge in [-0.05, 0) is 28.1 Å². The number of nitrogens with two attached hydrogens (primary N) is 1. The number of nitrogens with zero attached hydrogens (tertiary/aromatic N) is 1. The Morgan fingerprint density at radius 1 is 1.35 bits per heavy atom. The quantitative estimate of drug-likeness (QED) is 0.914. The molecule has 0 atom stereocenters. The van der Waals surface area contributed by atoms with Gasteiger partial charge in [0.1, 0.15) is 11.6 Å². The van der Waals surface area contributed by atoms with Crippen LogP contribution in [-0.2, 0) is 6.54 Å². The summed E-state index contributed by atoms with van der Waals surface area (Å²) in [5, 5.41) is 3.04. The lowest BCUT2D eigenvalue weighted by Gasteiger charge is -2.08. The van der Waals surface area contributed by atoms with Crippen molar-refractivity contribution >= 4 is 27.4 Å². The van der Waals surface area contributed by atoms with Gasteiger partial charge < -0.3 is 11.1 Å². The van der Waals surface area contributed by atoms with Crippen molar-refractivity contribution in [3.63, 3.8) is 0 Å². The Labute approximate surface area is 107 Å². The van der Waals surface area contributed by atoms with E-state index in [-0.39, 0.29) is 5.82 Å². The first-order chi connectivity index (χ1) is 8.16. The number of pyridine rings is 1. The van der Waals surface area contributed by atoms with Gasteiger partial charge in [-0.15, -0.1) is 0 Å². The van der Waals surface area contributed by atoms with Gasteiger partial charge in [0.05, 0.1) is 16.4 Å². The second-order valence-electron chi connectivity index (χ2n) is 3.54. The van der Waals surface area contributed by atoms with Gasteiger partial charge in [-0.2, -0.15) is 0 Å². The highest BCUT2D eigenvalue weighted by Gasteiger charge is 2.04. The predicted molar refractivity (Wildman–Crippen MR) is 70.1 cm³/mol. The van der Waals surface area contributed by atoms with Crippen LogP contribution in [0, 0.1) is 5.82 Å². The molecule has 3 nitrogen and oxygen atoms in total. The van der Waals surface area contributed by atoms with Crippen LogP contribution in [0.5, 0.6) is 0 Å². The SMILES string of the molecule is Nc1cnc(NCc2ccccc2F)c(Br)c1. The maximum absolute atomic E-state index is 13.4. The molecule has 88 valence electrons. The van der Waals surface area contributed by atoms with E-state index in [1.165, 1.54) is 6.07 Å². The second kappa shape index (κ2) is 5.14. The molecule has 0 bridgehead atoms. The van der Waals surface area contributed by atoms with Crippen LogP contribution in [0.25, 0.3) is 0 Å². The number of aromatic nitrogens is 1. The Bertz CT molecular complexity index is 531. The molecule has 1 heterocycles. The van der Waals surface area contributed by atoms with Gasteiger partial charge in [-0.1, -0.05) is 18.2 Å². The third-order valence-corrected chi connectivity index (χ3v) is 2.87. The highest BCUT2D eigenvalue weighted by molar-refractivity contribution is 9.10. The fourth-order valence-corrected chi connectivity index (χ4v) is 1.91. The lowest BCUT2D eigenvalue weighted by molar-refractivity contribution is 0.613. The van der Waals surface area contributed by atoms with E-state index in [1.807, 2.05) is 0 Å². The highest BCUT2D eigenvalue weighted by atomic mass is 79.9. The van der Waals surface area contributed by atoms with Crippen LogP contribution >= 0.6 is 15.9 Å². The summed E-state index contributed by atoms with van der Waals surface area (Å²) in [7, 11) is 0. The smallest absolute Gasteiger partial charge is 0.140 e. The molecular weight excluding hydrogens is 285 g/mol. The molecule has 1 aromatic heterocycles. The largest absolute Gasteiger partial charge is 0.397 e. The Balaban J connectivity index is 2.10. The number of hydrogen-bond acceptors (Lipinski definition) is 3. The van der Waals surface area contributed by atoms with E-state index in [0.717, 1.165) is 4.47 Å². The van der Waals surface area contributed by atoms with Crippen LogP contribution in [0.2, 0.25) is 0 Å². The standard InChI is InChI=1S/C12H11BrFN3/c13-10-5-9(15)7-17-12(10)16-6-8-3-1-2-4-11(8)14/h1-5,7H,6,15H2,(H,16,17). The van der Waals surface area contributed by atoms with Crippen molar-refractivity contribution in [2.75, 3.05) is 11.1 Å². The normalized spacial score (nSPS) is 10.2. The van der Waals surface area contributed by atoms with Crippen molar-refractivity contribution in [3.05, 3.63) is 52.4 Å². The first kappa shape index (κ1) is 11.9. The van der Waals surface area contributed by atoms with E-state index in [4.69, 9.17) is 5.73 Å². The first-order valence-electron chi connectivity index (χ1n) is 5.05. The van der Waals surface area contributed by atoms with Crippen molar-refractivity contribution in [3.8, 4) is 0 Å². The molecule has 0 radical (unpaired) electrons. The molecule has 5 heteroatoms. The fraction of sp³-hybridized carbons (Fsp3) is 0.0833. The molecule has 0 saturated carbocycles. The molecule has 1 aromatic carbocycles. The number of anilines is 2. The minimum Gasteiger partial charge on any atom is -0.397 e. The van der Waals surface area contributed by atoms with Gasteiger partial charge >= 0.3 is 0 Å². The van der Waals surface area contributed by atoms with Crippen LogP contribution < -0.4 is 11.1 Å². The molecule has 0 aliphatic rings. The van der Waals surface area contributed by atoms with Gasteiger partial charge in [0.25, 0.3) is 0 Å². The van der Waals surface area contributed by atoms with Crippen molar-refractivity contribution in [1.29, 1.82) is 0 Å². The number of nitrogen functional groups attached to an aromatic ring is 1. The average molecular weight is 296 g/mol. The zero-order valence-corrected chi connectivity index (χ0v) is 10.5.